The van der Waals surface area contributed by atoms with Crippen molar-refractivity contribution in [1.82, 2.24) is 5.32 Å². The molecule has 1 unspecified atom stereocenters. The zero-order valence-electron chi connectivity index (χ0n) is 13.1. The molecule has 0 saturated heterocycles. The Morgan fingerprint density at radius 2 is 1.86 bits per heavy atom. The van der Waals surface area contributed by atoms with Crippen LogP contribution in [-0.4, -0.2) is 38.6 Å². The SMILES string of the molecule is CC[NH+](Cc1ccc(N(C)C)cc1)[C@H](C)C(=O)NC(N)=O. The van der Waals surface area contributed by atoms with Crippen molar-refractivity contribution in [3.05, 3.63) is 29.8 Å². The summed E-state index contributed by atoms with van der Waals surface area (Å²) in [5, 5.41) is 2.14. The zero-order chi connectivity index (χ0) is 16.0. The van der Waals surface area contributed by atoms with Gasteiger partial charge in [0.1, 0.15) is 6.54 Å². The maximum atomic E-state index is 11.8. The fourth-order valence-corrected chi connectivity index (χ4v) is 2.17. The molecule has 2 atom stereocenters. The quantitative estimate of drug-likeness (QED) is 0.676. The number of hydrogen-bond acceptors (Lipinski definition) is 3. The fourth-order valence-electron chi connectivity index (χ4n) is 2.17. The van der Waals surface area contributed by atoms with E-state index in [1.807, 2.05) is 25.9 Å². The molecule has 0 spiro atoms. The summed E-state index contributed by atoms with van der Waals surface area (Å²) in [7, 11) is 3.99. The molecule has 116 valence electrons. The number of nitrogens with two attached hydrogens (primary N) is 1. The van der Waals surface area contributed by atoms with E-state index in [9.17, 15) is 9.59 Å². The van der Waals surface area contributed by atoms with Crippen molar-refractivity contribution in [1.29, 1.82) is 0 Å². The zero-order valence-corrected chi connectivity index (χ0v) is 13.1. The number of nitrogens with one attached hydrogen (secondary N) is 2. The summed E-state index contributed by atoms with van der Waals surface area (Å²) in [6.45, 7) is 5.31. The number of urea groups is 1. The van der Waals surface area contributed by atoms with Crippen molar-refractivity contribution in [3.63, 3.8) is 0 Å². The van der Waals surface area contributed by atoms with Crippen LogP contribution in [0.3, 0.4) is 0 Å². The van der Waals surface area contributed by atoms with Gasteiger partial charge in [0.05, 0.1) is 6.54 Å². The monoisotopic (exact) mass is 293 g/mol. The van der Waals surface area contributed by atoms with Gasteiger partial charge in [-0.15, -0.1) is 0 Å². The molecule has 3 amide bonds. The maximum Gasteiger partial charge on any atom is 0.319 e. The van der Waals surface area contributed by atoms with Crippen LogP contribution in [-0.2, 0) is 11.3 Å². The minimum atomic E-state index is -0.808. The molecule has 0 saturated carbocycles. The summed E-state index contributed by atoms with van der Waals surface area (Å²) >= 11 is 0. The van der Waals surface area contributed by atoms with Gasteiger partial charge in [-0.3, -0.25) is 10.1 Å². The molecule has 0 radical (unpaired) electrons. The Bertz CT molecular complexity index is 485. The van der Waals surface area contributed by atoms with Crippen LogP contribution in [0.2, 0.25) is 0 Å². The van der Waals surface area contributed by atoms with Crippen molar-refractivity contribution in [2.45, 2.75) is 26.4 Å². The number of carbonyl (C=O) groups excluding carboxylic acids is 2. The Balaban J connectivity index is 2.72. The largest absolute Gasteiger partial charge is 0.378 e. The first-order valence-electron chi connectivity index (χ1n) is 7.06. The molecule has 0 heterocycles. The lowest BCUT2D eigenvalue weighted by Crippen LogP contribution is -3.15. The van der Waals surface area contributed by atoms with E-state index >= 15 is 0 Å². The highest BCUT2D eigenvalue weighted by Crippen LogP contribution is 2.11. The molecule has 1 aromatic carbocycles. The topological polar surface area (TPSA) is 79.9 Å². The Morgan fingerprint density at radius 3 is 2.29 bits per heavy atom. The lowest BCUT2D eigenvalue weighted by Gasteiger charge is -2.24. The van der Waals surface area contributed by atoms with Crippen LogP contribution in [0, 0.1) is 0 Å². The molecule has 0 aliphatic carbocycles. The first-order chi connectivity index (χ1) is 9.85. The van der Waals surface area contributed by atoms with Crippen molar-refractivity contribution >= 4 is 17.6 Å². The van der Waals surface area contributed by atoms with Gasteiger partial charge in [-0.1, -0.05) is 12.1 Å². The van der Waals surface area contributed by atoms with E-state index in [2.05, 4.69) is 29.6 Å². The fraction of sp³-hybridized carbons (Fsp3) is 0.467. The van der Waals surface area contributed by atoms with Gasteiger partial charge in [0.25, 0.3) is 5.91 Å². The molecule has 0 aromatic heterocycles. The number of rotatable bonds is 6. The predicted molar refractivity (Wildman–Crippen MR) is 83.2 cm³/mol. The first-order valence-corrected chi connectivity index (χ1v) is 7.06. The number of primary amides is 1. The molecule has 0 bridgehead atoms. The highest BCUT2D eigenvalue weighted by molar-refractivity contribution is 5.95. The van der Waals surface area contributed by atoms with E-state index in [0.29, 0.717) is 0 Å². The van der Waals surface area contributed by atoms with E-state index in [0.717, 1.165) is 29.2 Å². The van der Waals surface area contributed by atoms with Gasteiger partial charge in [-0.25, -0.2) is 4.79 Å². The number of nitrogens with zero attached hydrogens (tertiary/aromatic N) is 1. The van der Waals surface area contributed by atoms with Gasteiger partial charge >= 0.3 is 6.03 Å². The second kappa shape index (κ2) is 7.64. The summed E-state index contributed by atoms with van der Waals surface area (Å²) in [6.07, 6.45) is 0. The molecule has 4 N–H and O–H groups in total. The number of anilines is 1. The van der Waals surface area contributed by atoms with Gasteiger partial charge in [0, 0.05) is 25.3 Å². The normalized spacial score (nSPS) is 13.3. The third-order valence-corrected chi connectivity index (χ3v) is 3.59. The molecule has 6 nitrogen and oxygen atoms in total. The molecule has 21 heavy (non-hydrogen) atoms. The van der Waals surface area contributed by atoms with Crippen LogP contribution < -0.4 is 20.9 Å². The highest BCUT2D eigenvalue weighted by atomic mass is 16.2. The van der Waals surface area contributed by atoms with Crippen LogP contribution in [0.5, 0.6) is 0 Å². The van der Waals surface area contributed by atoms with Crippen LogP contribution in [0.15, 0.2) is 24.3 Å². The van der Waals surface area contributed by atoms with E-state index in [1.54, 1.807) is 6.92 Å². The average molecular weight is 293 g/mol. The van der Waals surface area contributed by atoms with E-state index < -0.39 is 6.03 Å². The summed E-state index contributed by atoms with van der Waals surface area (Å²) in [4.78, 5) is 25.7. The number of quaternary nitrogens is 1. The number of carbonyl (C=O) groups is 2. The molecule has 1 rings (SSSR count). The molecular weight excluding hydrogens is 268 g/mol. The van der Waals surface area contributed by atoms with Crippen molar-refractivity contribution in [3.8, 4) is 0 Å². The summed E-state index contributed by atoms with van der Waals surface area (Å²) < 4.78 is 0. The van der Waals surface area contributed by atoms with Gasteiger partial charge in [0.15, 0.2) is 6.04 Å². The van der Waals surface area contributed by atoms with Crippen molar-refractivity contribution in [2.75, 3.05) is 25.5 Å². The van der Waals surface area contributed by atoms with Crippen LogP contribution in [0.25, 0.3) is 0 Å². The first kappa shape index (κ1) is 17.0. The third-order valence-electron chi connectivity index (χ3n) is 3.59. The van der Waals surface area contributed by atoms with E-state index in [4.69, 9.17) is 5.73 Å². The van der Waals surface area contributed by atoms with E-state index in [-0.39, 0.29) is 11.9 Å². The highest BCUT2D eigenvalue weighted by Gasteiger charge is 2.24. The number of amides is 3. The smallest absolute Gasteiger partial charge is 0.319 e. The Morgan fingerprint density at radius 1 is 1.29 bits per heavy atom. The molecule has 0 fully saturated rings. The van der Waals surface area contributed by atoms with Gasteiger partial charge in [0.2, 0.25) is 0 Å². The molecule has 0 aliphatic rings. The van der Waals surface area contributed by atoms with E-state index in [1.165, 1.54) is 0 Å². The minimum absolute atomic E-state index is 0.337. The van der Waals surface area contributed by atoms with Gasteiger partial charge in [-0.2, -0.15) is 0 Å². The Labute approximate surface area is 125 Å². The Hall–Kier alpha value is -2.08. The number of benzene rings is 1. The molecular formula is C15H25N4O2+. The lowest BCUT2D eigenvalue weighted by molar-refractivity contribution is -0.926. The predicted octanol–water partition coefficient (Wildman–Crippen LogP) is -0.259. The van der Waals surface area contributed by atoms with Gasteiger partial charge < -0.3 is 15.5 Å². The van der Waals surface area contributed by atoms with Crippen LogP contribution in [0.1, 0.15) is 19.4 Å². The lowest BCUT2D eigenvalue weighted by atomic mass is 10.1. The standard InChI is InChI=1S/C15H24N4O2/c1-5-19(11(2)14(20)17-15(16)21)10-12-6-8-13(9-7-12)18(3)4/h6-9,11H,5,10H2,1-4H3,(H3,16,17,20,21)/p+1/t11-/m1/s1. The van der Waals surface area contributed by atoms with Crippen LogP contribution >= 0.6 is 0 Å². The third kappa shape index (κ3) is 5.07. The molecule has 0 aliphatic heterocycles. The average Bonchev–Trinajstić information content (AvgIpc) is 2.43. The van der Waals surface area contributed by atoms with Crippen LogP contribution in [0.4, 0.5) is 10.5 Å². The number of imide groups is 1. The summed E-state index contributed by atoms with van der Waals surface area (Å²) in [5.74, 6) is -0.343. The second-order valence-electron chi connectivity index (χ2n) is 5.32. The van der Waals surface area contributed by atoms with Crippen molar-refractivity contribution in [2.24, 2.45) is 5.73 Å². The molecule has 6 heteroatoms. The second-order valence-corrected chi connectivity index (χ2v) is 5.32. The number of likely N-dealkylation sites (N-methyl/N-ethyl adjacent to an activating group) is 1. The number of hydrogen-bond donors (Lipinski definition) is 3. The Kier molecular flexibility index (Phi) is 6.17. The summed E-state index contributed by atoms with van der Waals surface area (Å²) in [6, 6.07) is 7.08. The minimum Gasteiger partial charge on any atom is -0.378 e. The molecule has 1 aromatic rings. The maximum absolute atomic E-state index is 11.8. The van der Waals surface area contributed by atoms with Crippen molar-refractivity contribution < 1.29 is 14.5 Å². The summed E-state index contributed by atoms with van der Waals surface area (Å²) in [5.41, 5.74) is 7.27. The van der Waals surface area contributed by atoms with Gasteiger partial charge in [-0.05, 0) is 26.0 Å².